The van der Waals surface area contributed by atoms with Crippen LogP contribution in [-0.2, 0) is 16.1 Å². The monoisotopic (exact) mass is 445 g/mol. The molecule has 1 atom stereocenters. The van der Waals surface area contributed by atoms with Crippen molar-refractivity contribution in [3.8, 4) is 5.69 Å². The number of tetrazole rings is 1. The van der Waals surface area contributed by atoms with E-state index in [0.717, 1.165) is 30.3 Å². The number of aryl methyl sites for hydroxylation is 1. The van der Waals surface area contributed by atoms with Crippen molar-refractivity contribution in [2.75, 3.05) is 37.6 Å². The van der Waals surface area contributed by atoms with Crippen LogP contribution in [-0.4, -0.2) is 74.5 Å². The number of amides is 2. The van der Waals surface area contributed by atoms with Crippen LogP contribution in [0.5, 0.6) is 0 Å². The molecule has 2 saturated heterocycles. The third-order valence-electron chi connectivity index (χ3n) is 6.40. The number of hydrogen-bond donors (Lipinski definition) is 0. The van der Waals surface area contributed by atoms with Gasteiger partial charge in [0, 0.05) is 44.8 Å². The minimum absolute atomic E-state index is 0.0149. The van der Waals surface area contributed by atoms with Crippen LogP contribution in [0.2, 0.25) is 0 Å². The number of carbonyl (C=O) groups is 2. The van der Waals surface area contributed by atoms with Gasteiger partial charge in [-0.1, -0.05) is 35.9 Å². The predicted molar refractivity (Wildman–Crippen MR) is 123 cm³/mol. The lowest BCUT2D eigenvalue weighted by molar-refractivity contribution is -0.137. The molecule has 170 valence electrons. The highest BCUT2D eigenvalue weighted by Gasteiger charge is 2.38. The molecule has 1 unspecified atom stereocenters. The largest absolute Gasteiger partial charge is 0.340 e. The molecule has 2 aromatic carbocycles. The van der Waals surface area contributed by atoms with Gasteiger partial charge < -0.3 is 9.80 Å². The highest BCUT2D eigenvalue weighted by atomic mass is 16.2. The molecule has 1 aromatic heterocycles. The lowest BCUT2D eigenvalue weighted by Gasteiger charge is -2.35. The van der Waals surface area contributed by atoms with Crippen molar-refractivity contribution < 1.29 is 9.59 Å². The van der Waals surface area contributed by atoms with E-state index >= 15 is 0 Å². The Morgan fingerprint density at radius 1 is 0.970 bits per heavy atom. The summed E-state index contributed by atoms with van der Waals surface area (Å²) in [4.78, 5) is 31.5. The maximum atomic E-state index is 13.1. The summed E-state index contributed by atoms with van der Waals surface area (Å²) in [7, 11) is 0. The first-order chi connectivity index (χ1) is 16.1. The van der Waals surface area contributed by atoms with Gasteiger partial charge in [0.15, 0.2) is 5.82 Å². The first-order valence-corrected chi connectivity index (χ1v) is 11.3. The Kier molecular flexibility index (Phi) is 5.87. The van der Waals surface area contributed by atoms with Gasteiger partial charge in [-0.2, -0.15) is 4.68 Å². The molecule has 3 heterocycles. The molecule has 3 aromatic rings. The first kappa shape index (κ1) is 21.3. The third kappa shape index (κ3) is 4.49. The van der Waals surface area contributed by atoms with Gasteiger partial charge in [-0.3, -0.25) is 14.5 Å². The van der Waals surface area contributed by atoms with E-state index in [-0.39, 0.29) is 24.2 Å². The van der Waals surface area contributed by atoms with E-state index in [9.17, 15) is 9.59 Å². The number of carbonyl (C=O) groups excluding carboxylic acids is 2. The van der Waals surface area contributed by atoms with Gasteiger partial charge >= 0.3 is 0 Å². The quantitative estimate of drug-likeness (QED) is 0.594. The molecule has 9 heteroatoms. The molecule has 5 rings (SSSR count). The van der Waals surface area contributed by atoms with Crippen LogP contribution in [0.1, 0.15) is 17.8 Å². The standard InChI is InChI=1S/C24H27N7O2/c1-18-7-9-21(10-8-18)31-22(25-26-27-31)17-28-11-13-29(14-12-28)24(33)19-15-23(32)30(16-19)20-5-3-2-4-6-20/h2-10,19H,11-17H2,1H3. The second-order valence-corrected chi connectivity index (χ2v) is 8.68. The molecule has 2 amide bonds. The number of hydrogen-bond acceptors (Lipinski definition) is 6. The van der Waals surface area contributed by atoms with E-state index in [0.29, 0.717) is 26.2 Å². The molecule has 9 nitrogen and oxygen atoms in total. The second-order valence-electron chi connectivity index (χ2n) is 8.68. The molecular weight excluding hydrogens is 418 g/mol. The summed E-state index contributed by atoms with van der Waals surface area (Å²) in [5, 5.41) is 12.2. The molecule has 2 aliphatic rings. The molecule has 0 spiro atoms. The fraction of sp³-hybridized carbons (Fsp3) is 0.375. The number of aromatic nitrogens is 4. The molecule has 0 aliphatic carbocycles. The molecule has 0 bridgehead atoms. The normalized spacial score (nSPS) is 19.3. The van der Waals surface area contributed by atoms with Crippen LogP contribution in [0.3, 0.4) is 0 Å². The van der Waals surface area contributed by atoms with E-state index in [1.807, 2.05) is 66.4 Å². The summed E-state index contributed by atoms with van der Waals surface area (Å²) in [6, 6.07) is 17.7. The highest BCUT2D eigenvalue weighted by molar-refractivity contribution is 6.00. The Bertz CT molecular complexity index is 1120. The van der Waals surface area contributed by atoms with Gasteiger partial charge in [0.1, 0.15) is 0 Å². The summed E-state index contributed by atoms with van der Waals surface area (Å²) < 4.78 is 1.76. The maximum Gasteiger partial charge on any atom is 0.228 e. The smallest absolute Gasteiger partial charge is 0.228 e. The first-order valence-electron chi connectivity index (χ1n) is 11.3. The summed E-state index contributed by atoms with van der Waals surface area (Å²) in [6.07, 6.45) is 0.277. The number of rotatable bonds is 5. The Hall–Kier alpha value is -3.59. The topological polar surface area (TPSA) is 87.5 Å². The van der Waals surface area contributed by atoms with Crippen molar-refractivity contribution in [1.29, 1.82) is 0 Å². The third-order valence-corrected chi connectivity index (χ3v) is 6.40. The molecule has 33 heavy (non-hydrogen) atoms. The van der Waals surface area contributed by atoms with Crippen LogP contribution in [0.4, 0.5) is 5.69 Å². The van der Waals surface area contributed by atoms with Crippen molar-refractivity contribution in [3.05, 3.63) is 66.0 Å². The molecule has 0 N–H and O–H groups in total. The molecule has 2 fully saturated rings. The van der Waals surface area contributed by atoms with Crippen LogP contribution < -0.4 is 4.90 Å². The summed E-state index contributed by atoms with van der Waals surface area (Å²) in [5.74, 6) is 0.587. The van der Waals surface area contributed by atoms with Gasteiger partial charge in [0.2, 0.25) is 11.8 Å². The minimum atomic E-state index is -0.280. The molecule has 0 radical (unpaired) electrons. The molecule has 0 saturated carbocycles. The van der Waals surface area contributed by atoms with Gasteiger partial charge in [-0.05, 0) is 41.6 Å². The van der Waals surface area contributed by atoms with Gasteiger partial charge in [0.05, 0.1) is 18.2 Å². The number of anilines is 1. The Labute approximate surface area is 192 Å². The van der Waals surface area contributed by atoms with E-state index in [2.05, 4.69) is 20.4 Å². The number of nitrogens with zero attached hydrogens (tertiary/aromatic N) is 7. The van der Waals surface area contributed by atoms with Gasteiger partial charge in [-0.15, -0.1) is 5.10 Å². The predicted octanol–water partition coefficient (Wildman–Crippen LogP) is 1.67. The average Bonchev–Trinajstić information content (AvgIpc) is 3.47. The molecular formula is C24H27N7O2. The van der Waals surface area contributed by atoms with Crippen LogP contribution in [0.15, 0.2) is 54.6 Å². The fourth-order valence-corrected chi connectivity index (χ4v) is 4.51. The maximum absolute atomic E-state index is 13.1. The molecule has 2 aliphatic heterocycles. The van der Waals surface area contributed by atoms with Gasteiger partial charge in [-0.25, -0.2) is 0 Å². The summed E-state index contributed by atoms with van der Waals surface area (Å²) in [6.45, 7) is 5.89. The zero-order chi connectivity index (χ0) is 22.8. The van der Waals surface area contributed by atoms with Crippen molar-refractivity contribution in [1.82, 2.24) is 30.0 Å². The number of benzene rings is 2. The van der Waals surface area contributed by atoms with Crippen molar-refractivity contribution >= 4 is 17.5 Å². The zero-order valence-corrected chi connectivity index (χ0v) is 18.7. The highest BCUT2D eigenvalue weighted by Crippen LogP contribution is 2.26. The SMILES string of the molecule is Cc1ccc(-n2nnnc2CN2CCN(C(=O)C3CC(=O)N(c4ccccc4)C3)CC2)cc1. The lowest BCUT2D eigenvalue weighted by Crippen LogP contribution is -2.50. The lowest BCUT2D eigenvalue weighted by atomic mass is 10.1. The van der Waals surface area contributed by atoms with E-state index < -0.39 is 0 Å². The fourth-order valence-electron chi connectivity index (χ4n) is 4.51. The van der Waals surface area contributed by atoms with Crippen molar-refractivity contribution in [2.45, 2.75) is 19.9 Å². The van der Waals surface area contributed by atoms with E-state index in [1.165, 1.54) is 5.56 Å². The summed E-state index contributed by atoms with van der Waals surface area (Å²) in [5.41, 5.74) is 2.97. The number of piperazine rings is 1. The average molecular weight is 446 g/mol. The van der Waals surface area contributed by atoms with Crippen LogP contribution in [0, 0.1) is 12.8 Å². The van der Waals surface area contributed by atoms with Crippen LogP contribution >= 0.6 is 0 Å². The second kappa shape index (κ2) is 9.11. The van der Waals surface area contributed by atoms with Crippen LogP contribution in [0.25, 0.3) is 5.69 Å². The van der Waals surface area contributed by atoms with Gasteiger partial charge in [0.25, 0.3) is 0 Å². The summed E-state index contributed by atoms with van der Waals surface area (Å²) >= 11 is 0. The zero-order valence-electron chi connectivity index (χ0n) is 18.7. The Balaban J connectivity index is 1.17. The Morgan fingerprint density at radius 2 is 1.70 bits per heavy atom. The van der Waals surface area contributed by atoms with Crippen molar-refractivity contribution in [3.63, 3.8) is 0 Å². The van der Waals surface area contributed by atoms with E-state index in [1.54, 1.807) is 9.58 Å². The van der Waals surface area contributed by atoms with Crippen molar-refractivity contribution in [2.24, 2.45) is 5.92 Å². The van der Waals surface area contributed by atoms with E-state index in [4.69, 9.17) is 0 Å². The number of para-hydroxylation sites is 1. The minimum Gasteiger partial charge on any atom is -0.340 e. The Morgan fingerprint density at radius 3 is 2.42 bits per heavy atom.